The second-order valence-electron chi connectivity index (χ2n) is 7.08. The Morgan fingerprint density at radius 3 is 2.54 bits per heavy atom. The van der Waals surface area contributed by atoms with Gasteiger partial charge in [0, 0.05) is 34.3 Å². The molecule has 1 fully saturated rings. The fourth-order valence-corrected chi connectivity index (χ4v) is 3.91. The molecule has 148 valence electrons. The smallest absolute Gasteiger partial charge is 0.311 e. The van der Waals surface area contributed by atoms with Gasteiger partial charge in [0.1, 0.15) is 6.61 Å². The number of esters is 1. The summed E-state index contributed by atoms with van der Waals surface area (Å²) in [5.41, 5.74) is 2.57. The first-order chi connectivity index (χ1) is 13.4. The normalized spacial score (nSPS) is 17.6. The molecule has 1 aliphatic heterocycles. The minimum Gasteiger partial charge on any atom is -0.460 e. The van der Waals surface area contributed by atoms with Crippen LogP contribution < -0.4 is 4.90 Å². The number of anilines is 1. The van der Waals surface area contributed by atoms with Gasteiger partial charge >= 0.3 is 5.97 Å². The Kier molecular flexibility index (Phi) is 6.63. The molecule has 2 atom stereocenters. The van der Waals surface area contributed by atoms with E-state index in [0.717, 1.165) is 17.7 Å². The summed E-state index contributed by atoms with van der Waals surface area (Å²) in [5, 5.41) is 0.902. The zero-order valence-electron chi connectivity index (χ0n) is 16.0. The predicted molar refractivity (Wildman–Crippen MR) is 112 cm³/mol. The molecule has 0 bridgehead atoms. The van der Waals surface area contributed by atoms with Gasteiger partial charge in [-0.3, -0.25) is 9.59 Å². The lowest BCUT2D eigenvalue weighted by molar-refractivity contribution is -0.149. The molecule has 0 aliphatic carbocycles. The largest absolute Gasteiger partial charge is 0.460 e. The van der Waals surface area contributed by atoms with Crippen LogP contribution in [0.2, 0.25) is 10.0 Å². The first kappa shape index (κ1) is 20.7. The number of carbonyl (C=O) groups is 2. The third kappa shape index (κ3) is 4.34. The number of para-hydroxylation sites is 1. The maximum absolute atomic E-state index is 12.6. The number of amides is 1. The fraction of sp³-hybridized carbons (Fsp3) is 0.364. The van der Waals surface area contributed by atoms with Crippen LogP contribution in [-0.2, 0) is 20.9 Å². The third-order valence-corrected chi connectivity index (χ3v) is 5.96. The maximum Gasteiger partial charge on any atom is 0.311 e. The first-order valence-corrected chi connectivity index (χ1v) is 10.2. The molecule has 0 unspecified atom stereocenters. The molecule has 4 nitrogen and oxygen atoms in total. The zero-order chi connectivity index (χ0) is 20.3. The number of rotatable bonds is 6. The van der Waals surface area contributed by atoms with E-state index >= 15 is 0 Å². The number of hydrogen-bond donors (Lipinski definition) is 0. The summed E-state index contributed by atoms with van der Waals surface area (Å²) in [7, 11) is 0. The Bertz CT molecular complexity index is 864. The molecule has 1 amide bonds. The van der Waals surface area contributed by atoms with Crippen LogP contribution in [0.5, 0.6) is 0 Å². The Labute approximate surface area is 175 Å². The van der Waals surface area contributed by atoms with E-state index in [2.05, 4.69) is 13.8 Å². The molecule has 0 saturated carbocycles. The van der Waals surface area contributed by atoms with E-state index in [4.69, 9.17) is 27.9 Å². The van der Waals surface area contributed by atoms with Crippen molar-refractivity contribution in [2.24, 2.45) is 5.92 Å². The molecular weight excluding hydrogens is 397 g/mol. The van der Waals surface area contributed by atoms with Crippen LogP contribution in [0.25, 0.3) is 0 Å². The monoisotopic (exact) mass is 419 g/mol. The van der Waals surface area contributed by atoms with E-state index in [1.165, 1.54) is 0 Å². The molecule has 0 aromatic heterocycles. The highest BCUT2D eigenvalue weighted by atomic mass is 35.5. The van der Waals surface area contributed by atoms with Gasteiger partial charge in [0.25, 0.3) is 0 Å². The molecule has 1 heterocycles. The summed E-state index contributed by atoms with van der Waals surface area (Å²) < 4.78 is 5.42. The van der Waals surface area contributed by atoms with Crippen LogP contribution in [0.1, 0.15) is 43.7 Å². The van der Waals surface area contributed by atoms with Gasteiger partial charge < -0.3 is 9.64 Å². The Morgan fingerprint density at radius 1 is 1.18 bits per heavy atom. The second kappa shape index (κ2) is 8.97. The van der Waals surface area contributed by atoms with E-state index in [1.807, 2.05) is 24.3 Å². The van der Waals surface area contributed by atoms with Gasteiger partial charge in [0.2, 0.25) is 5.91 Å². The lowest BCUT2D eigenvalue weighted by Gasteiger charge is -2.23. The number of ether oxygens (including phenoxy) is 1. The summed E-state index contributed by atoms with van der Waals surface area (Å²) in [6.45, 7) is 4.57. The molecule has 1 aliphatic rings. The average Bonchev–Trinajstić information content (AvgIpc) is 3.08. The fourth-order valence-electron chi connectivity index (χ4n) is 3.40. The highest BCUT2D eigenvalue weighted by molar-refractivity contribution is 6.35. The molecule has 0 radical (unpaired) electrons. The minimum absolute atomic E-state index is 0.00845. The topological polar surface area (TPSA) is 46.6 Å². The summed E-state index contributed by atoms with van der Waals surface area (Å²) >= 11 is 12.2. The Balaban J connectivity index is 1.70. The number of hydrogen-bond acceptors (Lipinski definition) is 3. The quantitative estimate of drug-likeness (QED) is 0.572. The number of nitrogens with zero attached hydrogens (tertiary/aromatic N) is 1. The predicted octanol–water partition coefficient (Wildman–Crippen LogP) is 5.60. The van der Waals surface area contributed by atoms with E-state index in [1.54, 1.807) is 23.1 Å². The van der Waals surface area contributed by atoms with Crippen molar-refractivity contribution in [1.29, 1.82) is 0 Å². The maximum atomic E-state index is 12.6. The van der Waals surface area contributed by atoms with Gasteiger partial charge in [-0.2, -0.15) is 0 Å². The van der Waals surface area contributed by atoms with Crippen LogP contribution in [0, 0.1) is 5.92 Å². The number of carbonyl (C=O) groups excluding carboxylic acids is 2. The Morgan fingerprint density at radius 2 is 1.86 bits per heavy atom. The van der Waals surface area contributed by atoms with E-state index in [0.29, 0.717) is 28.1 Å². The third-order valence-electron chi connectivity index (χ3n) is 5.25. The lowest BCUT2D eigenvalue weighted by Crippen LogP contribution is -2.27. The summed E-state index contributed by atoms with van der Waals surface area (Å²) in [6, 6.07) is 13.0. The molecule has 3 rings (SSSR count). The standard InChI is InChI=1S/C22H23Cl2NO3/c1-3-14(2)16-7-4-5-10-20(16)25-12-15(11-21(25)26)22(27)28-13-17-18(23)8-6-9-19(17)24/h4-10,14-15H,3,11-13H2,1-2H3/t14-,15+/m0/s1. The van der Waals surface area contributed by atoms with Crippen molar-refractivity contribution in [2.45, 2.75) is 39.2 Å². The van der Waals surface area contributed by atoms with Crippen LogP contribution in [-0.4, -0.2) is 18.4 Å². The summed E-state index contributed by atoms with van der Waals surface area (Å²) in [5.74, 6) is -0.641. The second-order valence-corrected chi connectivity index (χ2v) is 7.90. The van der Waals surface area contributed by atoms with Gasteiger partial charge in [-0.25, -0.2) is 0 Å². The van der Waals surface area contributed by atoms with Crippen molar-refractivity contribution in [2.75, 3.05) is 11.4 Å². The van der Waals surface area contributed by atoms with Gasteiger partial charge in [-0.05, 0) is 36.1 Å². The minimum atomic E-state index is -0.501. The van der Waals surface area contributed by atoms with Crippen LogP contribution in [0.15, 0.2) is 42.5 Å². The molecular formula is C22H23Cl2NO3. The van der Waals surface area contributed by atoms with Gasteiger partial charge in [-0.1, -0.05) is 61.3 Å². The van der Waals surface area contributed by atoms with Crippen LogP contribution in [0.4, 0.5) is 5.69 Å². The van der Waals surface area contributed by atoms with Gasteiger partial charge in [0.15, 0.2) is 0 Å². The SMILES string of the molecule is CC[C@H](C)c1ccccc1N1C[C@H](C(=O)OCc2c(Cl)cccc2Cl)CC1=O. The van der Waals surface area contributed by atoms with E-state index in [-0.39, 0.29) is 18.9 Å². The van der Waals surface area contributed by atoms with E-state index in [9.17, 15) is 9.59 Å². The summed E-state index contributed by atoms with van der Waals surface area (Å²) in [4.78, 5) is 26.9. The zero-order valence-corrected chi connectivity index (χ0v) is 17.5. The molecule has 28 heavy (non-hydrogen) atoms. The summed E-state index contributed by atoms with van der Waals surface area (Å²) in [6.07, 6.45) is 1.12. The molecule has 2 aromatic rings. The molecule has 1 saturated heterocycles. The molecule has 6 heteroatoms. The van der Waals surface area contributed by atoms with Crippen LogP contribution >= 0.6 is 23.2 Å². The highest BCUT2D eigenvalue weighted by Gasteiger charge is 2.37. The van der Waals surface area contributed by atoms with Crippen molar-refractivity contribution in [3.05, 3.63) is 63.6 Å². The number of benzene rings is 2. The van der Waals surface area contributed by atoms with Crippen molar-refractivity contribution < 1.29 is 14.3 Å². The molecule has 0 N–H and O–H groups in total. The lowest BCUT2D eigenvalue weighted by atomic mass is 9.96. The first-order valence-electron chi connectivity index (χ1n) is 9.41. The van der Waals surface area contributed by atoms with Crippen molar-refractivity contribution >= 4 is 40.8 Å². The van der Waals surface area contributed by atoms with Crippen LogP contribution in [0.3, 0.4) is 0 Å². The van der Waals surface area contributed by atoms with Crippen molar-refractivity contribution in [3.63, 3.8) is 0 Å². The van der Waals surface area contributed by atoms with Gasteiger partial charge in [0.05, 0.1) is 5.92 Å². The van der Waals surface area contributed by atoms with E-state index < -0.39 is 11.9 Å². The van der Waals surface area contributed by atoms with Gasteiger partial charge in [-0.15, -0.1) is 0 Å². The van der Waals surface area contributed by atoms with Crippen molar-refractivity contribution in [1.82, 2.24) is 0 Å². The average molecular weight is 420 g/mol. The Hall–Kier alpha value is -2.04. The highest BCUT2D eigenvalue weighted by Crippen LogP contribution is 2.34. The molecule has 0 spiro atoms. The number of halogens is 2. The molecule has 2 aromatic carbocycles. The van der Waals surface area contributed by atoms with Crippen molar-refractivity contribution in [3.8, 4) is 0 Å².